The number of aromatic nitrogens is 4. The first-order valence-corrected chi connectivity index (χ1v) is 12.6. The van der Waals surface area contributed by atoms with E-state index < -0.39 is 17.2 Å². The molecule has 1 atom stereocenters. The minimum absolute atomic E-state index is 0.327. The summed E-state index contributed by atoms with van der Waals surface area (Å²) in [5.74, 6) is 0.388. The molecule has 5 nitrogen and oxygen atoms in total. The summed E-state index contributed by atoms with van der Waals surface area (Å²) in [5.41, 5.74) is 3.89. The summed E-state index contributed by atoms with van der Waals surface area (Å²) >= 11 is 0. The van der Waals surface area contributed by atoms with Crippen LogP contribution in [0.4, 0.5) is 17.6 Å². The van der Waals surface area contributed by atoms with Crippen LogP contribution in [0.3, 0.4) is 0 Å². The van der Waals surface area contributed by atoms with E-state index in [4.69, 9.17) is 0 Å². The molecule has 2 heterocycles. The Kier molecular flexibility index (Phi) is 7.03. The maximum Gasteiger partial charge on any atom is 0.416 e. The summed E-state index contributed by atoms with van der Waals surface area (Å²) in [5, 5.41) is 7.84. The van der Waals surface area contributed by atoms with Gasteiger partial charge in [0.1, 0.15) is 11.6 Å². The number of imidazole rings is 1. The van der Waals surface area contributed by atoms with E-state index in [1.54, 1.807) is 41.3 Å². The molecule has 2 aromatic heterocycles. The zero-order valence-electron chi connectivity index (χ0n) is 21.8. The molecule has 1 N–H and O–H groups in total. The van der Waals surface area contributed by atoms with Crippen LogP contribution in [0.2, 0.25) is 0 Å². The molecule has 0 amide bonds. The van der Waals surface area contributed by atoms with Crippen molar-refractivity contribution in [3.8, 4) is 5.69 Å². The Bertz CT molecular complexity index is 1510. The molecular formula is C30H29F4N5. The van der Waals surface area contributed by atoms with Gasteiger partial charge in [-0.1, -0.05) is 24.3 Å². The number of fused-ring (bicyclic) bond motifs is 1. The zero-order valence-corrected chi connectivity index (χ0v) is 21.8. The normalized spacial score (nSPS) is 17.1. The zero-order chi connectivity index (χ0) is 27.8. The monoisotopic (exact) mass is 535 g/mol. The van der Waals surface area contributed by atoms with E-state index in [1.165, 1.54) is 12.1 Å². The highest BCUT2D eigenvalue weighted by Crippen LogP contribution is 2.51. The molecule has 0 aliphatic heterocycles. The second-order valence-corrected chi connectivity index (χ2v) is 9.94. The van der Waals surface area contributed by atoms with E-state index in [2.05, 4.69) is 28.1 Å². The van der Waals surface area contributed by atoms with Gasteiger partial charge in [0.15, 0.2) is 0 Å². The Morgan fingerprint density at radius 1 is 1.10 bits per heavy atom. The molecule has 202 valence electrons. The highest BCUT2D eigenvalue weighted by atomic mass is 19.4. The van der Waals surface area contributed by atoms with E-state index in [0.717, 1.165) is 45.8 Å². The molecule has 1 aliphatic rings. The van der Waals surface area contributed by atoms with Crippen LogP contribution < -0.4 is 5.32 Å². The van der Waals surface area contributed by atoms with Crippen LogP contribution in [0.15, 0.2) is 79.3 Å². The molecule has 4 aromatic rings. The van der Waals surface area contributed by atoms with Gasteiger partial charge in [-0.25, -0.2) is 14.1 Å². The fourth-order valence-electron chi connectivity index (χ4n) is 5.40. The molecular weight excluding hydrogens is 506 g/mol. The molecule has 1 aliphatic carbocycles. The van der Waals surface area contributed by atoms with Crippen molar-refractivity contribution in [2.75, 3.05) is 13.6 Å². The highest BCUT2D eigenvalue weighted by molar-refractivity contribution is 5.75. The molecule has 9 heteroatoms. The minimum atomic E-state index is -4.40. The topological polar surface area (TPSA) is 47.7 Å². The number of benzene rings is 2. The van der Waals surface area contributed by atoms with E-state index in [1.807, 2.05) is 24.9 Å². The number of halogens is 4. The van der Waals surface area contributed by atoms with Crippen LogP contribution >= 0.6 is 0 Å². The van der Waals surface area contributed by atoms with E-state index in [0.29, 0.717) is 31.6 Å². The Labute approximate surface area is 224 Å². The van der Waals surface area contributed by atoms with Crippen LogP contribution in [-0.4, -0.2) is 32.9 Å². The van der Waals surface area contributed by atoms with Crippen molar-refractivity contribution >= 4 is 11.6 Å². The smallest absolute Gasteiger partial charge is 0.334 e. The molecule has 0 fully saturated rings. The average Bonchev–Trinajstić information content (AvgIpc) is 3.52. The number of nitrogens with zero attached hydrogens (tertiary/aromatic N) is 4. The number of allylic oxidation sites excluding steroid dienone is 1. The Balaban J connectivity index is 1.65. The summed E-state index contributed by atoms with van der Waals surface area (Å²) in [4.78, 5) is 4.57. The van der Waals surface area contributed by atoms with Crippen molar-refractivity contribution in [2.45, 2.75) is 25.4 Å². The van der Waals surface area contributed by atoms with Crippen molar-refractivity contribution in [2.24, 2.45) is 12.5 Å². The van der Waals surface area contributed by atoms with Crippen LogP contribution in [0.1, 0.15) is 34.6 Å². The number of aryl methyl sites for hydroxylation is 1. The van der Waals surface area contributed by atoms with Crippen molar-refractivity contribution in [3.05, 3.63) is 113 Å². The van der Waals surface area contributed by atoms with Crippen molar-refractivity contribution < 1.29 is 17.6 Å². The molecule has 0 saturated heterocycles. The van der Waals surface area contributed by atoms with E-state index in [-0.39, 0.29) is 5.82 Å². The minimum Gasteiger partial charge on any atom is -0.334 e. The first kappa shape index (κ1) is 26.6. The van der Waals surface area contributed by atoms with E-state index >= 15 is 0 Å². The maximum absolute atomic E-state index is 13.6. The summed E-state index contributed by atoms with van der Waals surface area (Å²) in [7, 11) is 3.78. The molecule has 0 saturated carbocycles. The first-order chi connectivity index (χ1) is 18.6. The largest absolute Gasteiger partial charge is 0.416 e. The summed E-state index contributed by atoms with van der Waals surface area (Å²) < 4.78 is 57.1. The molecule has 1 unspecified atom stereocenters. The Hall–Kier alpha value is -3.98. The van der Waals surface area contributed by atoms with Crippen LogP contribution in [0.5, 0.6) is 0 Å². The second-order valence-electron chi connectivity index (χ2n) is 9.94. The lowest BCUT2D eigenvalue weighted by atomic mass is 9.63. The van der Waals surface area contributed by atoms with Gasteiger partial charge in [-0.2, -0.15) is 18.3 Å². The van der Waals surface area contributed by atoms with Gasteiger partial charge in [-0.15, -0.1) is 0 Å². The molecule has 0 radical (unpaired) electrons. The number of alkyl halides is 3. The number of hydrogen-bond donors (Lipinski definition) is 1. The SMILES string of the molecule is C=C(c1nccn1C)C1(Cc2ccc(C(F)(F)F)cc2)Cc2cnn(-c3ccc(F)cc3)c2C=C1CCNC. The predicted molar refractivity (Wildman–Crippen MR) is 144 cm³/mol. The lowest BCUT2D eigenvalue weighted by Gasteiger charge is -2.41. The van der Waals surface area contributed by atoms with Gasteiger partial charge in [-0.05, 0) is 92.0 Å². The van der Waals surface area contributed by atoms with Crippen molar-refractivity contribution in [3.63, 3.8) is 0 Å². The molecule has 0 spiro atoms. The van der Waals surface area contributed by atoms with Gasteiger partial charge >= 0.3 is 6.18 Å². The summed E-state index contributed by atoms with van der Waals surface area (Å²) in [6, 6.07) is 11.5. The molecule has 2 aromatic carbocycles. The van der Waals surface area contributed by atoms with E-state index in [9.17, 15) is 17.6 Å². The Morgan fingerprint density at radius 2 is 1.82 bits per heavy atom. The second kappa shape index (κ2) is 10.3. The van der Waals surface area contributed by atoms with Crippen LogP contribution in [0.25, 0.3) is 17.3 Å². The first-order valence-electron chi connectivity index (χ1n) is 12.6. The molecule has 5 rings (SSSR count). The fraction of sp³-hybridized carbons (Fsp3) is 0.267. The van der Waals surface area contributed by atoms with Gasteiger partial charge in [0.2, 0.25) is 0 Å². The van der Waals surface area contributed by atoms with Crippen molar-refractivity contribution in [1.29, 1.82) is 0 Å². The van der Waals surface area contributed by atoms with Crippen LogP contribution in [-0.2, 0) is 26.1 Å². The van der Waals surface area contributed by atoms with Gasteiger partial charge in [0.05, 0.1) is 23.1 Å². The third-order valence-electron chi connectivity index (χ3n) is 7.48. The fourth-order valence-corrected chi connectivity index (χ4v) is 5.40. The Morgan fingerprint density at radius 3 is 2.44 bits per heavy atom. The van der Waals surface area contributed by atoms with Gasteiger partial charge < -0.3 is 9.88 Å². The summed E-state index contributed by atoms with van der Waals surface area (Å²) in [6.07, 6.45) is 4.71. The van der Waals surface area contributed by atoms with Gasteiger partial charge in [0.25, 0.3) is 0 Å². The third kappa shape index (κ3) is 5.06. The lowest BCUT2D eigenvalue weighted by Crippen LogP contribution is -2.35. The van der Waals surface area contributed by atoms with Crippen molar-refractivity contribution in [1.82, 2.24) is 24.6 Å². The number of rotatable bonds is 8. The maximum atomic E-state index is 13.6. The van der Waals surface area contributed by atoms with Gasteiger partial charge in [-0.3, -0.25) is 0 Å². The number of nitrogens with one attached hydrogen (secondary N) is 1. The predicted octanol–water partition coefficient (Wildman–Crippen LogP) is 6.26. The van der Waals surface area contributed by atoms with Gasteiger partial charge in [0, 0.05) is 24.9 Å². The number of hydrogen-bond acceptors (Lipinski definition) is 3. The lowest BCUT2D eigenvalue weighted by molar-refractivity contribution is -0.137. The third-order valence-corrected chi connectivity index (χ3v) is 7.48. The van der Waals surface area contributed by atoms with Crippen LogP contribution in [0, 0.1) is 11.2 Å². The summed E-state index contributed by atoms with van der Waals surface area (Å²) in [6.45, 7) is 5.21. The average molecular weight is 536 g/mol. The standard InChI is InChI=1S/C30H29F4N5/c1-20(28-36-14-15-38(28)3)29(17-21-4-6-23(7-5-21)30(32,33)34)18-22-19-37-39(26-10-8-25(31)9-11-26)27(22)16-24(29)12-13-35-2/h4-11,14-16,19,35H,1,12-13,17-18H2,2-3H3. The highest BCUT2D eigenvalue weighted by Gasteiger charge is 2.43. The molecule has 0 bridgehead atoms. The quantitative estimate of drug-likeness (QED) is 0.271. The molecule has 39 heavy (non-hydrogen) atoms.